The quantitative estimate of drug-likeness (QED) is 0.681. The van der Waals surface area contributed by atoms with Crippen molar-refractivity contribution in [2.24, 2.45) is 5.73 Å². The van der Waals surface area contributed by atoms with Gasteiger partial charge in [-0.05, 0) is 44.5 Å². The molecular weight excluding hydrogens is 392 g/mol. The van der Waals surface area contributed by atoms with Gasteiger partial charge in [-0.25, -0.2) is 4.79 Å². The van der Waals surface area contributed by atoms with Crippen LogP contribution in [0.2, 0.25) is 5.02 Å². The van der Waals surface area contributed by atoms with E-state index >= 15 is 0 Å². The lowest BCUT2D eigenvalue weighted by atomic mass is 10.1. The number of halogens is 1. The number of benzene rings is 1. The second-order valence-corrected chi connectivity index (χ2v) is 7.21. The van der Waals surface area contributed by atoms with Crippen molar-refractivity contribution in [1.29, 1.82) is 0 Å². The van der Waals surface area contributed by atoms with Crippen LogP contribution in [-0.4, -0.2) is 31.0 Å². The van der Waals surface area contributed by atoms with Crippen molar-refractivity contribution in [2.45, 2.75) is 20.8 Å². The minimum Gasteiger partial charge on any atom is -0.483 e. The van der Waals surface area contributed by atoms with Crippen LogP contribution in [0, 0.1) is 13.8 Å². The van der Waals surface area contributed by atoms with Crippen LogP contribution >= 0.6 is 22.9 Å². The summed E-state index contributed by atoms with van der Waals surface area (Å²) in [5, 5.41) is 3.37. The molecule has 27 heavy (non-hydrogen) atoms. The monoisotopic (exact) mass is 410 g/mol. The van der Waals surface area contributed by atoms with E-state index in [0.717, 1.165) is 10.4 Å². The molecule has 2 amide bonds. The summed E-state index contributed by atoms with van der Waals surface area (Å²) in [4.78, 5) is 36.8. The van der Waals surface area contributed by atoms with Crippen LogP contribution in [0.25, 0.3) is 0 Å². The lowest BCUT2D eigenvalue weighted by Gasteiger charge is -2.10. The molecule has 0 spiro atoms. The number of rotatable bonds is 7. The van der Waals surface area contributed by atoms with Crippen LogP contribution in [0.4, 0.5) is 5.00 Å². The summed E-state index contributed by atoms with van der Waals surface area (Å²) in [7, 11) is 0. The van der Waals surface area contributed by atoms with Crippen molar-refractivity contribution in [3.63, 3.8) is 0 Å². The summed E-state index contributed by atoms with van der Waals surface area (Å²) in [5.41, 5.74) is 6.44. The Bertz CT molecular complexity index is 894. The summed E-state index contributed by atoms with van der Waals surface area (Å²) in [6.45, 7) is 5.20. The number of anilines is 1. The second-order valence-electron chi connectivity index (χ2n) is 5.55. The van der Waals surface area contributed by atoms with Gasteiger partial charge in [-0.3, -0.25) is 9.59 Å². The van der Waals surface area contributed by atoms with Crippen LogP contribution in [0.1, 0.15) is 38.1 Å². The Balaban J connectivity index is 2.13. The number of ether oxygens (including phenoxy) is 2. The Morgan fingerprint density at radius 2 is 1.96 bits per heavy atom. The van der Waals surface area contributed by atoms with Gasteiger partial charge in [0.1, 0.15) is 10.8 Å². The number of hydrogen-bond donors (Lipinski definition) is 2. The van der Waals surface area contributed by atoms with Gasteiger partial charge in [0, 0.05) is 9.90 Å². The average molecular weight is 411 g/mol. The number of esters is 1. The molecule has 0 atom stereocenters. The largest absolute Gasteiger partial charge is 0.483 e. The molecule has 0 radical (unpaired) electrons. The standard InChI is InChI=1S/C18H19ClN2O5S/c1-4-25-18(24)15-9(2)10(3)27-17(15)21-14(22)8-26-13-6-5-11(19)7-12(13)16(20)23/h5-7H,4,8H2,1-3H3,(H2,20,23)(H,21,22). The van der Waals surface area contributed by atoms with Crippen molar-refractivity contribution in [1.82, 2.24) is 0 Å². The van der Waals surface area contributed by atoms with Crippen LogP contribution in [0.5, 0.6) is 5.75 Å². The SMILES string of the molecule is CCOC(=O)c1c(NC(=O)COc2ccc(Cl)cc2C(N)=O)sc(C)c1C. The van der Waals surface area contributed by atoms with E-state index in [0.29, 0.717) is 15.6 Å². The first-order valence-electron chi connectivity index (χ1n) is 8.03. The second kappa shape index (κ2) is 8.88. The summed E-state index contributed by atoms with van der Waals surface area (Å²) in [6, 6.07) is 4.34. The van der Waals surface area contributed by atoms with Gasteiger partial charge >= 0.3 is 5.97 Å². The number of nitrogens with one attached hydrogen (secondary N) is 1. The Kier molecular flexibility index (Phi) is 6.81. The summed E-state index contributed by atoms with van der Waals surface area (Å²) < 4.78 is 10.4. The molecule has 2 aromatic rings. The Morgan fingerprint density at radius 3 is 2.59 bits per heavy atom. The fraction of sp³-hybridized carbons (Fsp3) is 0.278. The Morgan fingerprint density at radius 1 is 1.26 bits per heavy atom. The Labute approximate surface area is 165 Å². The van der Waals surface area contributed by atoms with E-state index in [1.807, 2.05) is 6.92 Å². The summed E-state index contributed by atoms with van der Waals surface area (Å²) >= 11 is 7.11. The van der Waals surface area contributed by atoms with E-state index in [4.69, 9.17) is 26.8 Å². The fourth-order valence-corrected chi connectivity index (χ4v) is 3.53. The van der Waals surface area contributed by atoms with Crippen molar-refractivity contribution in [3.8, 4) is 5.75 Å². The topological polar surface area (TPSA) is 108 Å². The van der Waals surface area contributed by atoms with Crippen LogP contribution in [0.15, 0.2) is 18.2 Å². The molecule has 0 aliphatic heterocycles. The number of aryl methyl sites for hydroxylation is 1. The number of carbonyl (C=O) groups excluding carboxylic acids is 3. The van der Waals surface area contributed by atoms with Crippen LogP contribution in [0.3, 0.4) is 0 Å². The van der Waals surface area contributed by atoms with Gasteiger partial charge in [-0.1, -0.05) is 11.6 Å². The molecule has 0 aliphatic carbocycles. The Hall–Kier alpha value is -2.58. The predicted molar refractivity (Wildman–Crippen MR) is 104 cm³/mol. The first kappa shape index (κ1) is 20.7. The van der Waals surface area contributed by atoms with Gasteiger partial charge < -0.3 is 20.5 Å². The molecule has 1 heterocycles. The number of thiophene rings is 1. The smallest absolute Gasteiger partial charge is 0.341 e. The molecule has 1 aromatic carbocycles. The molecule has 144 valence electrons. The summed E-state index contributed by atoms with van der Waals surface area (Å²) in [6.07, 6.45) is 0. The maximum Gasteiger partial charge on any atom is 0.341 e. The molecule has 0 saturated heterocycles. The number of primary amides is 1. The van der Waals surface area contributed by atoms with E-state index in [9.17, 15) is 14.4 Å². The van der Waals surface area contributed by atoms with E-state index in [-0.39, 0.29) is 24.5 Å². The molecule has 0 saturated carbocycles. The highest BCUT2D eigenvalue weighted by Gasteiger charge is 2.22. The van der Waals surface area contributed by atoms with Crippen molar-refractivity contribution in [3.05, 3.63) is 44.8 Å². The molecule has 3 N–H and O–H groups in total. The van der Waals surface area contributed by atoms with Gasteiger partial charge in [-0.15, -0.1) is 11.3 Å². The maximum absolute atomic E-state index is 12.3. The maximum atomic E-state index is 12.3. The van der Waals surface area contributed by atoms with E-state index in [2.05, 4.69) is 5.32 Å². The van der Waals surface area contributed by atoms with Crippen molar-refractivity contribution < 1.29 is 23.9 Å². The van der Waals surface area contributed by atoms with Gasteiger partial charge in [0.2, 0.25) is 0 Å². The number of amides is 2. The zero-order valence-electron chi connectivity index (χ0n) is 15.1. The molecule has 0 aliphatic rings. The van der Waals surface area contributed by atoms with Gasteiger partial charge in [-0.2, -0.15) is 0 Å². The fourth-order valence-electron chi connectivity index (χ4n) is 2.29. The van der Waals surface area contributed by atoms with E-state index < -0.39 is 17.8 Å². The van der Waals surface area contributed by atoms with Crippen molar-refractivity contribution in [2.75, 3.05) is 18.5 Å². The molecule has 0 fully saturated rings. The zero-order chi connectivity index (χ0) is 20.1. The highest BCUT2D eigenvalue weighted by molar-refractivity contribution is 7.16. The van der Waals surface area contributed by atoms with E-state index in [1.165, 1.54) is 29.5 Å². The third kappa shape index (κ3) is 4.99. The molecule has 1 aromatic heterocycles. The normalized spacial score (nSPS) is 10.4. The van der Waals surface area contributed by atoms with Crippen molar-refractivity contribution >= 4 is 45.7 Å². The number of hydrogen-bond acceptors (Lipinski definition) is 6. The minimum atomic E-state index is -0.720. The number of carbonyl (C=O) groups is 3. The third-order valence-corrected chi connectivity index (χ3v) is 5.04. The van der Waals surface area contributed by atoms with Gasteiger partial charge in [0.05, 0.1) is 17.7 Å². The molecule has 9 heteroatoms. The lowest BCUT2D eigenvalue weighted by molar-refractivity contribution is -0.118. The van der Waals surface area contributed by atoms with Gasteiger partial charge in [0.15, 0.2) is 6.61 Å². The lowest BCUT2D eigenvalue weighted by Crippen LogP contribution is -2.22. The van der Waals surface area contributed by atoms with Gasteiger partial charge in [0.25, 0.3) is 11.8 Å². The first-order valence-corrected chi connectivity index (χ1v) is 9.23. The molecule has 2 rings (SSSR count). The number of nitrogens with two attached hydrogens (primary N) is 1. The molecule has 0 bridgehead atoms. The summed E-state index contributed by atoms with van der Waals surface area (Å²) in [5.74, 6) is -1.57. The minimum absolute atomic E-state index is 0.0744. The highest BCUT2D eigenvalue weighted by Crippen LogP contribution is 2.33. The molecule has 0 unspecified atom stereocenters. The molecule has 7 nitrogen and oxygen atoms in total. The predicted octanol–water partition coefficient (Wildman–Crippen LogP) is 3.31. The zero-order valence-corrected chi connectivity index (χ0v) is 16.6. The highest BCUT2D eigenvalue weighted by atomic mass is 35.5. The van der Waals surface area contributed by atoms with Crippen LogP contribution < -0.4 is 15.8 Å². The molecular formula is C18H19ClN2O5S. The first-order chi connectivity index (χ1) is 12.7. The van der Waals surface area contributed by atoms with E-state index in [1.54, 1.807) is 13.8 Å². The average Bonchev–Trinajstić information content (AvgIpc) is 2.87. The third-order valence-electron chi connectivity index (χ3n) is 3.68. The van der Waals surface area contributed by atoms with Crippen LogP contribution in [-0.2, 0) is 9.53 Å².